The number of nitrogens with two attached hydrogens (primary N) is 1. The molecule has 0 fully saturated rings. The maximum Gasteiger partial charge on any atom is 0.261 e. The van der Waals surface area contributed by atoms with Crippen LogP contribution in [0.1, 0.15) is 5.56 Å². The van der Waals surface area contributed by atoms with Gasteiger partial charge in [0.25, 0.3) is 6.43 Å². The molecule has 108 valence electrons. The lowest BCUT2D eigenvalue weighted by atomic mass is 10.1. The monoisotopic (exact) mass is 283 g/mol. The van der Waals surface area contributed by atoms with Crippen LogP contribution in [0.2, 0.25) is 0 Å². The molecule has 1 aromatic heterocycles. The lowest BCUT2D eigenvalue weighted by Gasteiger charge is -2.09. The fourth-order valence-electron chi connectivity index (χ4n) is 1.85. The molecule has 0 atom stereocenters. The van der Waals surface area contributed by atoms with Crippen LogP contribution in [0.4, 0.5) is 14.5 Å². The maximum atomic E-state index is 12.0. The second-order valence-corrected chi connectivity index (χ2v) is 4.23. The Bertz CT molecular complexity index is 552. The van der Waals surface area contributed by atoms with E-state index in [0.717, 1.165) is 11.1 Å². The van der Waals surface area contributed by atoms with E-state index in [1.54, 1.807) is 6.07 Å². The Morgan fingerprint density at radius 1 is 1.40 bits per heavy atom. The van der Waals surface area contributed by atoms with E-state index in [9.17, 15) is 8.78 Å². The Morgan fingerprint density at radius 2 is 2.20 bits per heavy atom. The number of anilines is 1. The van der Waals surface area contributed by atoms with E-state index in [4.69, 9.17) is 10.5 Å². The summed E-state index contributed by atoms with van der Waals surface area (Å²) in [6.07, 6.45) is -2.48. The van der Waals surface area contributed by atoms with Crippen molar-refractivity contribution < 1.29 is 13.5 Å². The highest BCUT2D eigenvalue weighted by Crippen LogP contribution is 2.26. The van der Waals surface area contributed by atoms with Gasteiger partial charge < -0.3 is 10.5 Å². The van der Waals surface area contributed by atoms with E-state index >= 15 is 0 Å². The quantitative estimate of drug-likeness (QED) is 0.642. The normalized spacial score (nSPS) is 11.2. The molecule has 2 aromatic rings. The van der Waals surface area contributed by atoms with Crippen LogP contribution in [-0.4, -0.2) is 39.8 Å². The summed E-state index contributed by atoms with van der Waals surface area (Å²) in [7, 11) is 0. The topological polar surface area (TPSA) is 78.9 Å². The van der Waals surface area contributed by atoms with Crippen molar-refractivity contribution in [3.8, 4) is 11.4 Å². The van der Waals surface area contributed by atoms with E-state index in [-0.39, 0.29) is 13.2 Å². The van der Waals surface area contributed by atoms with Crippen molar-refractivity contribution in [3.05, 3.63) is 23.8 Å². The van der Waals surface area contributed by atoms with Gasteiger partial charge >= 0.3 is 0 Å². The Hall–Kier alpha value is -2.09. The fraction of sp³-hybridized carbons (Fsp3) is 0.417. The zero-order valence-electron chi connectivity index (χ0n) is 11.0. The summed E-state index contributed by atoms with van der Waals surface area (Å²) in [6, 6.07) is 5.50. The summed E-state index contributed by atoms with van der Waals surface area (Å²) in [5.74, 6) is 0.501. The van der Waals surface area contributed by atoms with Gasteiger partial charge in [0.05, 0.1) is 13.2 Å². The van der Waals surface area contributed by atoms with E-state index in [1.165, 1.54) is 4.68 Å². The van der Waals surface area contributed by atoms with Gasteiger partial charge in [-0.15, -0.1) is 5.10 Å². The summed E-state index contributed by atoms with van der Waals surface area (Å²) in [4.78, 5) is 0. The molecule has 0 aliphatic heterocycles. The SMILES string of the molecule is Cc1cccc(N)c1-c1nnnn1CCOCC(F)F. The molecular formula is C12H15F2N5O. The minimum atomic E-state index is -2.48. The van der Waals surface area contributed by atoms with Crippen molar-refractivity contribution in [2.75, 3.05) is 18.9 Å². The minimum absolute atomic E-state index is 0.105. The molecule has 0 spiro atoms. The largest absolute Gasteiger partial charge is 0.398 e. The number of ether oxygens (including phenoxy) is 1. The van der Waals surface area contributed by atoms with Crippen LogP contribution in [0.25, 0.3) is 11.4 Å². The number of nitrogen functional groups attached to an aromatic ring is 1. The lowest BCUT2D eigenvalue weighted by molar-refractivity contribution is 0.0140. The Kier molecular flexibility index (Phi) is 4.57. The number of halogens is 2. The first kappa shape index (κ1) is 14.3. The van der Waals surface area contributed by atoms with Gasteiger partial charge in [-0.1, -0.05) is 12.1 Å². The average molecular weight is 283 g/mol. The number of nitrogens with zero attached hydrogens (tertiary/aromatic N) is 4. The minimum Gasteiger partial charge on any atom is -0.398 e. The molecule has 0 aliphatic rings. The molecule has 1 aromatic carbocycles. The second-order valence-electron chi connectivity index (χ2n) is 4.23. The third-order valence-corrected chi connectivity index (χ3v) is 2.75. The number of aromatic nitrogens is 4. The van der Waals surface area contributed by atoms with Gasteiger partial charge in [-0.05, 0) is 29.0 Å². The molecule has 0 amide bonds. The van der Waals surface area contributed by atoms with Crippen LogP contribution in [0, 0.1) is 6.92 Å². The number of aryl methyl sites for hydroxylation is 1. The van der Waals surface area contributed by atoms with Crippen LogP contribution in [-0.2, 0) is 11.3 Å². The first-order chi connectivity index (χ1) is 9.59. The van der Waals surface area contributed by atoms with Gasteiger partial charge in [0.2, 0.25) is 0 Å². The molecule has 8 heteroatoms. The molecule has 0 unspecified atom stereocenters. The summed E-state index contributed by atoms with van der Waals surface area (Å²) in [5.41, 5.74) is 8.18. The summed E-state index contributed by atoms with van der Waals surface area (Å²) in [5, 5.41) is 11.4. The van der Waals surface area contributed by atoms with Crippen LogP contribution >= 0.6 is 0 Å². The smallest absolute Gasteiger partial charge is 0.261 e. The van der Waals surface area contributed by atoms with Crippen molar-refractivity contribution in [1.29, 1.82) is 0 Å². The second kappa shape index (κ2) is 6.38. The molecule has 0 saturated carbocycles. The van der Waals surface area contributed by atoms with E-state index < -0.39 is 13.0 Å². The van der Waals surface area contributed by atoms with Gasteiger partial charge in [-0.3, -0.25) is 0 Å². The lowest BCUT2D eigenvalue weighted by Crippen LogP contribution is -2.13. The molecule has 6 nitrogen and oxygen atoms in total. The van der Waals surface area contributed by atoms with Crippen molar-refractivity contribution >= 4 is 5.69 Å². The van der Waals surface area contributed by atoms with Crippen molar-refractivity contribution in [3.63, 3.8) is 0 Å². The Balaban J connectivity index is 2.12. The Labute approximate surface area is 114 Å². The summed E-state index contributed by atoms with van der Waals surface area (Å²) >= 11 is 0. The highest BCUT2D eigenvalue weighted by molar-refractivity contribution is 5.74. The van der Waals surface area contributed by atoms with Crippen molar-refractivity contribution in [2.24, 2.45) is 0 Å². The number of tetrazole rings is 1. The number of rotatable bonds is 6. The summed E-state index contributed by atoms with van der Waals surface area (Å²) < 4.78 is 30.2. The third kappa shape index (κ3) is 3.27. The van der Waals surface area contributed by atoms with Crippen molar-refractivity contribution in [2.45, 2.75) is 19.9 Å². The predicted octanol–water partition coefficient (Wildman–Crippen LogP) is 1.51. The fourth-order valence-corrected chi connectivity index (χ4v) is 1.85. The highest BCUT2D eigenvalue weighted by atomic mass is 19.3. The van der Waals surface area contributed by atoms with Gasteiger partial charge in [0, 0.05) is 11.3 Å². The molecule has 0 radical (unpaired) electrons. The molecule has 2 rings (SSSR count). The highest BCUT2D eigenvalue weighted by Gasteiger charge is 2.14. The first-order valence-electron chi connectivity index (χ1n) is 6.07. The number of benzene rings is 1. The van der Waals surface area contributed by atoms with Gasteiger partial charge in [-0.25, -0.2) is 13.5 Å². The van der Waals surface area contributed by atoms with Crippen LogP contribution in [0.3, 0.4) is 0 Å². The molecule has 0 bridgehead atoms. The zero-order chi connectivity index (χ0) is 14.5. The van der Waals surface area contributed by atoms with Gasteiger partial charge in [-0.2, -0.15) is 0 Å². The van der Waals surface area contributed by atoms with Crippen molar-refractivity contribution in [1.82, 2.24) is 20.2 Å². The predicted molar refractivity (Wildman–Crippen MR) is 69.2 cm³/mol. The van der Waals surface area contributed by atoms with Crippen LogP contribution in [0.5, 0.6) is 0 Å². The zero-order valence-corrected chi connectivity index (χ0v) is 11.0. The van der Waals surface area contributed by atoms with Crippen LogP contribution in [0.15, 0.2) is 18.2 Å². The molecular weight excluding hydrogens is 268 g/mol. The number of hydrogen-bond donors (Lipinski definition) is 1. The molecule has 20 heavy (non-hydrogen) atoms. The molecule has 1 heterocycles. The van der Waals surface area contributed by atoms with Gasteiger partial charge in [0.1, 0.15) is 6.61 Å². The Morgan fingerprint density at radius 3 is 2.90 bits per heavy atom. The molecule has 0 saturated heterocycles. The van der Waals surface area contributed by atoms with E-state index in [0.29, 0.717) is 11.5 Å². The molecule has 0 aliphatic carbocycles. The molecule has 2 N–H and O–H groups in total. The van der Waals surface area contributed by atoms with E-state index in [1.807, 2.05) is 19.1 Å². The van der Waals surface area contributed by atoms with Crippen LogP contribution < -0.4 is 5.73 Å². The average Bonchev–Trinajstić information content (AvgIpc) is 2.82. The van der Waals surface area contributed by atoms with E-state index in [2.05, 4.69) is 15.5 Å². The third-order valence-electron chi connectivity index (χ3n) is 2.75. The maximum absolute atomic E-state index is 12.0. The number of alkyl halides is 2. The van der Waals surface area contributed by atoms with Gasteiger partial charge in [0.15, 0.2) is 5.82 Å². The standard InChI is InChI=1S/C12H15F2N5O/c1-8-3-2-4-9(15)11(8)12-16-17-18-19(12)5-6-20-7-10(13)14/h2-4,10H,5-7,15H2,1H3. The number of hydrogen-bond acceptors (Lipinski definition) is 5. The summed E-state index contributed by atoms with van der Waals surface area (Å²) in [6.45, 7) is 1.69. The first-order valence-corrected chi connectivity index (χ1v) is 6.07.